The first kappa shape index (κ1) is 15.9. The first-order valence-electron chi connectivity index (χ1n) is 6.70. The molecule has 0 atom stereocenters. The molecule has 0 amide bonds. The van der Waals surface area contributed by atoms with Gasteiger partial charge >= 0.3 is 0 Å². The monoisotopic (exact) mass is 323 g/mol. The molecule has 0 unspecified atom stereocenters. The fraction of sp³-hybridized carbons (Fsp3) is 0.250. The Kier molecular flexibility index (Phi) is 4.59. The Labute approximate surface area is 131 Å². The third-order valence-electron chi connectivity index (χ3n) is 3.29. The van der Waals surface area contributed by atoms with E-state index in [2.05, 4.69) is 4.72 Å². The Balaban J connectivity index is 2.50. The van der Waals surface area contributed by atoms with Gasteiger partial charge in [-0.15, -0.1) is 0 Å². The normalized spacial score (nSPS) is 11.7. The molecule has 0 aliphatic rings. The molecule has 0 saturated heterocycles. The van der Waals surface area contributed by atoms with E-state index in [1.54, 1.807) is 18.2 Å². The van der Waals surface area contributed by atoms with Crippen LogP contribution in [-0.2, 0) is 10.0 Å². The molecule has 0 aliphatic heterocycles. The fourth-order valence-electron chi connectivity index (χ4n) is 2.16. The van der Waals surface area contributed by atoms with Gasteiger partial charge in [0.15, 0.2) is 0 Å². The predicted octanol–water partition coefficient (Wildman–Crippen LogP) is 4.57. The van der Waals surface area contributed by atoms with E-state index < -0.39 is 10.0 Å². The lowest BCUT2D eigenvalue weighted by Gasteiger charge is -2.17. The van der Waals surface area contributed by atoms with E-state index in [1.165, 1.54) is 6.07 Å². The van der Waals surface area contributed by atoms with E-state index >= 15 is 0 Å². The molecule has 0 aliphatic carbocycles. The van der Waals surface area contributed by atoms with Gasteiger partial charge in [-0.2, -0.15) is 0 Å². The molecule has 3 nitrogen and oxygen atoms in total. The van der Waals surface area contributed by atoms with Crippen LogP contribution in [0, 0.1) is 6.92 Å². The van der Waals surface area contributed by atoms with Crippen molar-refractivity contribution >= 4 is 27.3 Å². The lowest BCUT2D eigenvalue weighted by molar-refractivity contribution is 0.601. The van der Waals surface area contributed by atoms with Gasteiger partial charge < -0.3 is 0 Å². The molecule has 21 heavy (non-hydrogen) atoms. The molecule has 2 aromatic rings. The van der Waals surface area contributed by atoms with Crippen molar-refractivity contribution < 1.29 is 8.42 Å². The summed E-state index contributed by atoms with van der Waals surface area (Å²) in [6.07, 6.45) is 0. The number of sulfonamides is 1. The van der Waals surface area contributed by atoms with E-state index in [0.717, 1.165) is 11.1 Å². The van der Waals surface area contributed by atoms with Crippen molar-refractivity contribution in [3.63, 3.8) is 0 Å². The van der Waals surface area contributed by atoms with Crippen LogP contribution in [-0.4, -0.2) is 8.42 Å². The van der Waals surface area contributed by atoms with Crippen molar-refractivity contribution in [2.75, 3.05) is 4.72 Å². The maximum Gasteiger partial charge on any atom is 0.263 e. The molecule has 2 aromatic carbocycles. The Bertz CT molecular complexity index is 755. The highest BCUT2D eigenvalue weighted by Crippen LogP contribution is 2.30. The standard InChI is InChI=1S/C16H18ClNO2S/c1-11(2)13-8-6-7-12(3)16(13)18-21(19,20)15-10-5-4-9-14(15)17/h4-11,18H,1-3H3. The Morgan fingerprint density at radius 2 is 1.71 bits per heavy atom. The number of anilines is 1. The van der Waals surface area contributed by atoms with E-state index in [9.17, 15) is 8.42 Å². The summed E-state index contributed by atoms with van der Waals surface area (Å²) in [6.45, 7) is 5.94. The Hall–Kier alpha value is -1.52. The van der Waals surface area contributed by atoms with Gasteiger partial charge in [-0.05, 0) is 36.1 Å². The highest BCUT2D eigenvalue weighted by Gasteiger charge is 2.20. The summed E-state index contributed by atoms with van der Waals surface area (Å²) >= 11 is 6.00. The van der Waals surface area contributed by atoms with Crippen molar-refractivity contribution in [2.45, 2.75) is 31.6 Å². The van der Waals surface area contributed by atoms with Crippen molar-refractivity contribution in [2.24, 2.45) is 0 Å². The molecule has 0 aromatic heterocycles. The highest BCUT2D eigenvalue weighted by molar-refractivity contribution is 7.92. The SMILES string of the molecule is Cc1cccc(C(C)C)c1NS(=O)(=O)c1ccccc1Cl. The zero-order valence-corrected chi connectivity index (χ0v) is 13.8. The molecule has 0 heterocycles. The summed E-state index contributed by atoms with van der Waals surface area (Å²) in [7, 11) is -3.70. The van der Waals surface area contributed by atoms with E-state index in [0.29, 0.717) is 5.69 Å². The topological polar surface area (TPSA) is 46.2 Å². The van der Waals surface area contributed by atoms with Crippen LogP contribution in [0.2, 0.25) is 5.02 Å². The highest BCUT2D eigenvalue weighted by atomic mass is 35.5. The van der Waals surface area contributed by atoms with Crippen molar-refractivity contribution in [1.29, 1.82) is 0 Å². The third-order valence-corrected chi connectivity index (χ3v) is 5.14. The minimum Gasteiger partial charge on any atom is -0.279 e. The van der Waals surface area contributed by atoms with Crippen molar-refractivity contribution in [3.05, 3.63) is 58.6 Å². The van der Waals surface area contributed by atoms with Crippen LogP contribution in [0.1, 0.15) is 30.9 Å². The van der Waals surface area contributed by atoms with Crippen LogP contribution in [0.15, 0.2) is 47.4 Å². The summed E-state index contributed by atoms with van der Waals surface area (Å²) in [6, 6.07) is 12.2. The van der Waals surface area contributed by atoms with E-state index in [4.69, 9.17) is 11.6 Å². The lowest BCUT2D eigenvalue weighted by Crippen LogP contribution is -2.16. The fourth-order valence-corrected chi connectivity index (χ4v) is 3.84. The van der Waals surface area contributed by atoms with Gasteiger partial charge in [-0.1, -0.05) is 55.8 Å². The van der Waals surface area contributed by atoms with Gasteiger partial charge in [0.1, 0.15) is 4.90 Å². The number of hydrogen-bond acceptors (Lipinski definition) is 2. The number of hydrogen-bond donors (Lipinski definition) is 1. The molecule has 0 bridgehead atoms. The second-order valence-corrected chi connectivity index (χ2v) is 7.29. The van der Waals surface area contributed by atoms with Gasteiger partial charge in [-0.25, -0.2) is 8.42 Å². The molecule has 0 spiro atoms. The molecule has 0 fully saturated rings. The predicted molar refractivity (Wildman–Crippen MR) is 87.5 cm³/mol. The summed E-state index contributed by atoms with van der Waals surface area (Å²) in [5, 5.41) is 0.213. The van der Waals surface area contributed by atoms with Gasteiger partial charge in [0, 0.05) is 0 Å². The molecular formula is C16H18ClNO2S. The Morgan fingerprint density at radius 3 is 2.33 bits per heavy atom. The summed E-state index contributed by atoms with van der Waals surface area (Å²) in [4.78, 5) is 0.0876. The van der Waals surface area contributed by atoms with Gasteiger partial charge in [0.25, 0.3) is 10.0 Å². The van der Waals surface area contributed by atoms with E-state index in [1.807, 2.05) is 39.0 Å². The maximum absolute atomic E-state index is 12.6. The quantitative estimate of drug-likeness (QED) is 0.895. The molecule has 5 heteroatoms. The second-order valence-electron chi connectivity index (χ2n) is 5.23. The first-order valence-corrected chi connectivity index (χ1v) is 8.56. The second kappa shape index (κ2) is 6.08. The molecule has 2 rings (SSSR count). The smallest absolute Gasteiger partial charge is 0.263 e. The average molecular weight is 324 g/mol. The number of benzene rings is 2. The number of para-hydroxylation sites is 1. The van der Waals surface area contributed by atoms with E-state index in [-0.39, 0.29) is 15.8 Å². The summed E-state index contributed by atoms with van der Waals surface area (Å²) < 4.78 is 27.8. The van der Waals surface area contributed by atoms with Gasteiger partial charge in [0.05, 0.1) is 10.7 Å². The summed E-state index contributed by atoms with van der Waals surface area (Å²) in [5.41, 5.74) is 2.48. The maximum atomic E-state index is 12.6. The number of halogens is 1. The van der Waals surface area contributed by atoms with Crippen LogP contribution in [0.25, 0.3) is 0 Å². The van der Waals surface area contributed by atoms with Gasteiger partial charge in [-0.3, -0.25) is 4.72 Å². The third kappa shape index (κ3) is 3.39. The number of aryl methyl sites for hydroxylation is 1. The zero-order valence-electron chi connectivity index (χ0n) is 12.2. The molecule has 0 radical (unpaired) electrons. The van der Waals surface area contributed by atoms with Crippen LogP contribution < -0.4 is 4.72 Å². The largest absolute Gasteiger partial charge is 0.279 e. The van der Waals surface area contributed by atoms with Crippen LogP contribution in [0.4, 0.5) is 5.69 Å². The van der Waals surface area contributed by atoms with Gasteiger partial charge in [0.2, 0.25) is 0 Å². The minimum absolute atomic E-state index is 0.0876. The lowest BCUT2D eigenvalue weighted by atomic mass is 9.99. The van der Waals surface area contributed by atoms with Crippen LogP contribution in [0.5, 0.6) is 0 Å². The Morgan fingerprint density at radius 1 is 1.05 bits per heavy atom. The molecule has 0 saturated carbocycles. The first-order chi connectivity index (χ1) is 9.83. The number of nitrogens with one attached hydrogen (secondary N) is 1. The van der Waals surface area contributed by atoms with Crippen LogP contribution in [0.3, 0.4) is 0 Å². The number of rotatable bonds is 4. The minimum atomic E-state index is -3.70. The van der Waals surface area contributed by atoms with Crippen molar-refractivity contribution in [1.82, 2.24) is 0 Å². The van der Waals surface area contributed by atoms with Crippen molar-refractivity contribution in [3.8, 4) is 0 Å². The summed E-state index contributed by atoms with van der Waals surface area (Å²) in [5.74, 6) is 0.217. The molecule has 1 N–H and O–H groups in total. The average Bonchev–Trinajstić information content (AvgIpc) is 2.41. The molecular weight excluding hydrogens is 306 g/mol. The molecule has 112 valence electrons. The van der Waals surface area contributed by atoms with Crippen LogP contribution >= 0.6 is 11.6 Å². The zero-order chi connectivity index (χ0) is 15.6.